The Balaban J connectivity index is 0.00000155. The fourth-order valence-corrected chi connectivity index (χ4v) is 2.56. The molecule has 1 aromatic rings. The number of ether oxygens (including phenoxy) is 1. The summed E-state index contributed by atoms with van der Waals surface area (Å²) in [7, 11) is 4.16. The summed E-state index contributed by atoms with van der Waals surface area (Å²) < 4.78 is 29.1. The van der Waals surface area contributed by atoms with Crippen molar-refractivity contribution in [2.24, 2.45) is 0 Å². The van der Waals surface area contributed by atoms with Crippen molar-refractivity contribution in [1.29, 1.82) is 0 Å². The fraction of sp³-hybridized carbons (Fsp3) is 0.625. The maximum atomic E-state index is 12.3. The molecule has 1 heterocycles. The summed E-state index contributed by atoms with van der Waals surface area (Å²) in [5.41, 5.74) is 6.76. The predicted molar refractivity (Wildman–Crippen MR) is 90.3 cm³/mol. The Morgan fingerprint density at radius 3 is 2.26 bits per heavy atom. The number of hydrogen-bond acceptors (Lipinski definition) is 4. The molecule has 1 fully saturated rings. The fourth-order valence-electron chi connectivity index (χ4n) is 2.56. The van der Waals surface area contributed by atoms with Gasteiger partial charge in [0, 0.05) is 30.9 Å². The van der Waals surface area contributed by atoms with E-state index in [2.05, 4.69) is 28.6 Å². The zero-order valence-electron chi connectivity index (χ0n) is 14.3. The lowest BCUT2D eigenvalue weighted by Gasteiger charge is -2.36. The summed E-state index contributed by atoms with van der Waals surface area (Å²) in [6.45, 7) is 2.95. The van der Waals surface area contributed by atoms with Gasteiger partial charge in [-0.2, -0.15) is 8.78 Å². The Morgan fingerprint density at radius 2 is 1.78 bits per heavy atom. The first-order chi connectivity index (χ1) is 10.5. The molecule has 0 unspecified atom stereocenters. The van der Waals surface area contributed by atoms with Crippen LogP contribution in [0.1, 0.15) is 26.7 Å². The number of hydrogen-bond donors (Lipinski definition) is 1. The Kier molecular flexibility index (Phi) is 9.48. The predicted octanol–water partition coefficient (Wildman–Crippen LogP) is 3.58. The van der Waals surface area contributed by atoms with Gasteiger partial charge < -0.3 is 20.3 Å². The van der Waals surface area contributed by atoms with Gasteiger partial charge in [0.1, 0.15) is 0 Å². The van der Waals surface area contributed by atoms with E-state index < -0.39 is 6.61 Å². The van der Waals surface area contributed by atoms with Gasteiger partial charge in [0.25, 0.3) is 0 Å². The lowest BCUT2D eigenvalue weighted by molar-refractivity contribution is -0.0493. The van der Waals surface area contributed by atoms with Crippen molar-refractivity contribution in [2.75, 3.05) is 37.8 Å². The Bertz CT molecular complexity index is 450. The second-order valence-electron chi connectivity index (χ2n) is 5.28. The van der Waals surface area contributed by atoms with Crippen LogP contribution in [0.5, 0.6) is 5.75 Å². The van der Waals surface area contributed by atoms with Crippen molar-refractivity contribution in [3.63, 3.8) is 0 Å². The molecule has 0 spiro atoms. The minimum absolute atomic E-state index is 0. The van der Waals surface area contributed by atoms with Gasteiger partial charge in [-0.15, -0.1) is 0 Å². The van der Waals surface area contributed by atoms with Gasteiger partial charge >= 0.3 is 6.61 Å². The van der Waals surface area contributed by atoms with E-state index in [1.165, 1.54) is 0 Å². The van der Waals surface area contributed by atoms with Crippen LogP contribution in [0.3, 0.4) is 0 Å². The highest BCUT2D eigenvalue weighted by molar-refractivity contribution is 5.62. The van der Waals surface area contributed by atoms with E-state index in [9.17, 15) is 8.78 Å². The van der Waals surface area contributed by atoms with E-state index in [0.717, 1.165) is 31.6 Å². The van der Waals surface area contributed by atoms with Crippen molar-refractivity contribution < 1.29 is 18.2 Å². The van der Waals surface area contributed by atoms with Crippen LogP contribution in [0.15, 0.2) is 18.2 Å². The van der Waals surface area contributed by atoms with Crippen LogP contribution in [0, 0.1) is 0 Å². The number of nitrogen functional groups attached to an aromatic ring is 1. The second-order valence-corrected chi connectivity index (χ2v) is 5.28. The number of alkyl halides is 2. The van der Waals surface area contributed by atoms with Gasteiger partial charge in [0.15, 0.2) is 5.75 Å². The van der Waals surface area contributed by atoms with E-state index >= 15 is 0 Å². The van der Waals surface area contributed by atoms with Gasteiger partial charge in [0.05, 0.1) is 5.69 Å². The molecule has 0 bridgehead atoms. The minimum Gasteiger partial charge on any atom is -0.433 e. The largest absolute Gasteiger partial charge is 0.433 e. The average Bonchev–Trinajstić information content (AvgIpc) is 2.51. The van der Waals surface area contributed by atoms with E-state index in [0.29, 0.717) is 6.04 Å². The maximum absolute atomic E-state index is 12.3. The lowest BCUT2D eigenvalue weighted by atomic mass is 10.0. The Labute approximate surface area is 136 Å². The molecule has 1 aliphatic heterocycles. The zero-order chi connectivity index (χ0) is 16.7. The van der Waals surface area contributed by atoms with Gasteiger partial charge in [-0.25, -0.2) is 0 Å². The van der Waals surface area contributed by atoms with Crippen LogP contribution in [-0.2, 0) is 0 Å². The highest BCUT2D eigenvalue weighted by atomic mass is 19.3. The molecule has 1 aromatic carbocycles. The van der Waals surface area contributed by atoms with Gasteiger partial charge in [-0.3, -0.25) is 4.70 Å². The molecule has 0 radical (unpaired) electrons. The molecule has 4 nitrogen and oxygen atoms in total. The van der Waals surface area contributed by atoms with E-state index in [-0.39, 0.29) is 16.1 Å². The molecule has 134 valence electrons. The van der Waals surface area contributed by atoms with Crippen LogP contribution in [0.25, 0.3) is 0 Å². The quantitative estimate of drug-likeness (QED) is 0.854. The molecule has 2 N–H and O–H groups in total. The van der Waals surface area contributed by atoms with Gasteiger partial charge in [0.2, 0.25) is 0 Å². The summed E-state index contributed by atoms with van der Waals surface area (Å²) in [6, 6.07) is 5.64. The van der Waals surface area contributed by atoms with Crippen molar-refractivity contribution in [3.8, 4) is 5.75 Å². The highest BCUT2D eigenvalue weighted by Crippen LogP contribution is 2.30. The molecule has 0 saturated carbocycles. The SMILES string of the molecule is CC.CN(C)C1CCN(c2ccc(N)c(OC(F)F)c2)CC1.F. The lowest BCUT2D eigenvalue weighted by Crippen LogP contribution is -2.41. The van der Waals surface area contributed by atoms with Gasteiger partial charge in [-0.1, -0.05) is 13.8 Å². The standard InChI is InChI=1S/C14H21F2N3O.C2H6.FH/c1-18(2)10-5-7-19(8-6-10)11-3-4-12(17)13(9-11)20-14(15)16;1-2;/h3-4,9-10,14H,5-8,17H2,1-2H3;1-2H3;1H. The second kappa shape index (κ2) is 10.2. The summed E-state index contributed by atoms with van der Waals surface area (Å²) in [5, 5.41) is 0. The number of nitrogens with zero attached hydrogens (tertiary/aromatic N) is 2. The first-order valence-corrected chi connectivity index (χ1v) is 7.73. The third-order valence-electron chi connectivity index (χ3n) is 3.77. The Morgan fingerprint density at radius 1 is 1.22 bits per heavy atom. The number of piperidine rings is 1. The number of benzene rings is 1. The average molecular weight is 335 g/mol. The van der Waals surface area contributed by atoms with Crippen LogP contribution in [0.2, 0.25) is 0 Å². The highest BCUT2D eigenvalue weighted by Gasteiger charge is 2.21. The van der Waals surface area contributed by atoms with Crippen LogP contribution in [-0.4, -0.2) is 44.7 Å². The molecule has 0 amide bonds. The third kappa shape index (κ3) is 6.17. The molecule has 7 heteroatoms. The van der Waals surface area contributed by atoms with Gasteiger partial charge in [-0.05, 0) is 39.1 Å². The normalized spacial score (nSPS) is 15.0. The first kappa shape index (κ1) is 21.4. The molecule has 0 aliphatic carbocycles. The number of halogens is 3. The molecule has 23 heavy (non-hydrogen) atoms. The molecule has 2 rings (SSSR count). The van der Waals surface area contributed by atoms with Crippen LogP contribution >= 0.6 is 0 Å². The minimum atomic E-state index is -2.85. The zero-order valence-corrected chi connectivity index (χ0v) is 14.3. The number of rotatable bonds is 4. The molecular weight excluding hydrogens is 307 g/mol. The van der Waals surface area contributed by atoms with E-state index in [4.69, 9.17) is 5.73 Å². The smallest absolute Gasteiger partial charge is 0.387 e. The van der Waals surface area contributed by atoms with E-state index in [1.54, 1.807) is 12.1 Å². The maximum Gasteiger partial charge on any atom is 0.387 e. The molecule has 1 saturated heterocycles. The topological polar surface area (TPSA) is 41.7 Å². The molecular formula is C16H28F3N3O. The van der Waals surface area contributed by atoms with Crippen molar-refractivity contribution in [3.05, 3.63) is 18.2 Å². The molecule has 1 aliphatic rings. The number of anilines is 2. The number of nitrogens with two attached hydrogens (primary N) is 1. The van der Waals surface area contributed by atoms with Crippen molar-refractivity contribution in [2.45, 2.75) is 39.3 Å². The summed E-state index contributed by atoms with van der Waals surface area (Å²) in [5.74, 6) is 0.0484. The van der Waals surface area contributed by atoms with Crippen LogP contribution < -0.4 is 15.4 Å². The van der Waals surface area contributed by atoms with E-state index in [1.807, 2.05) is 19.9 Å². The third-order valence-corrected chi connectivity index (χ3v) is 3.77. The summed E-state index contributed by atoms with van der Waals surface area (Å²) >= 11 is 0. The van der Waals surface area contributed by atoms with Crippen molar-refractivity contribution in [1.82, 2.24) is 4.90 Å². The first-order valence-electron chi connectivity index (χ1n) is 7.73. The molecule has 0 aromatic heterocycles. The van der Waals surface area contributed by atoms with Crippen molar-refractivity contribution >= 4 is 11.4 Å². The molecule has 0 atom stereocenters. The Hall–Kier alpha value is -1.63. The summed E-state index contributed by atoms with van der Waals surface area (Å²) in [4.78, 5) is 4.41. The monoisotopic (exact) mass is 335 g/mol. The van der Waals surface area contributed by atoms with Crippen LogP contribution in [0.4, 0.5) is 24.9 Å². The summed E-state index contributed by atoms with van der Waals surface area (Å²) in [6.07, 6.45) is 2.12.